The summed E-state index contributed by atoms with van der Waals surface area (Å²) in [5, 5.41) is 13.5. The Kier molecular flexibility index (Phi) is 5.74. The van der Waals surface area contributed by atoms with Crippen molar-refractivity contribution in [3.63, 3.8) is 0 Å². The Bertz CT molecular complexity index is 450. The average molecular weight is 267 g/mol. The second-order valence-electron chi connectivity index (χ2n) is 3.96. The minimum absolute atomic E-state index is 0.0616. The fraction of sp³-hybridized carbons (Fsp3) is 0.417. The first-order chi connectivity index (χ1) is 9.04. The predicted octanol–water partition coefficient (Wildman–Crippen LogP) is 0.651. The largest absolute Gasteiger partial charge is 0.484 e. The lowest BCUT2D eigenvalue weighted by atomic mass is 10.3. The molecule has 1 rings (SSSR count). The molecule has 0 aliphatic rings. The van der Waals surface area contributed by atoms with Crippen LogP contribution in [-0.2, 0) is 4.79 Å². The zero-order chi connectivity index (χ0) is 14.3. The highest BCUT2D eigenvalue weighted by atomic mass is 16.6. The van der Waals surface area contributed by atoms with Gasteiger partial charge in [0, 0.05) is 26.2 Å². The van der Waals surface area contributed by atoms with Crippen molar-refractivity contribution in [3.05, 3.63) is 34.4 Å². The van der Waals surface area contributed by atoms with Gasteiger partial charge in [-0.2, -0.15) is 0 Å². The highest BCUT2D eigenvalue weighted by Gasteiger charge is 2.11. The molecule has 0 heterocycles. The summed E-state index contributed by atoms with van der Waals surface area (Å²) in [7, 11) is 3.48. The van der Waals surface area contributed by atoms with Crippen molar-refractivity contribution < 1.29 is 14.5 Å². The molecule has 0 aliphatic heterocycles. The van der Waals surface area contributed by atoms with Crippen LogP contribution in [0.5, 0.6) is 5.75 Å². The van der Waals surface area contributed by atoms with Gasteiger partial charge >= 0.3 is 0 Å². The molecule has 0 fully saturated rings. The molecule has 1 aromatic carbocycles. The van der Waals surface area contributed by atoms with E-state index in [2.05, 4.69) is 5.32 Å². The summed E-state index contributed by atoms with van der Waals surface area (Å²) in [4.78, 5) is 23.3. The third-order valence-electron chi connectivity index (χ3n) is 2.51. The summed E-state index contributed by atoms with van der Waals surface area (Å²) >= 11 is 0. The van der Waals surface area contributed by atoms with Crippen molar-refractivity contribution in [2.24, 2.45) is 0 Å². The number of nitro benzene ring substituents is 1. The van der Waals surface area contributed by atoms with Crippen molar-refractivity contribution in [2.75, 3.05) is 33.8 Å². The topological polar surface area (TPSA) is 84.7 Å². The van der Waals surface area contributed by atoms with Crippen molar-refractivity contribution in [3.8, 4) is 5.75 Å². The second kappa shape index (κ2) is 7.32. The van der Waals surface area contributed by atoms with Crippen LogP contribution in [0.15, 0.2) is 24.3 Å². The lowest BCUT2D eigenvalue weighted by Crippen LogP contribution is -2.35. The van der Waals surface area contributed by atoms with E-state index < -0.39 is 4.92 Å². The van der Waals surface area contributed by atoms with E-state index in [1.54, 1.807) is 20.2 Å². The van der Waals surface area contributed by atoms with Crippen LogP contribution in [0.4, 0.5) is 5.69 Å². The Labute approximate surface area is 111 Å². The van der Waals surface area contributed by atoms with Gasteiger partial charge in [-0.15, -0.1) is 0 Å². The van der Waals surface area contributed by atoms with Crippen LogP contribution in [0.2, 0.25) is 0 Å². The number of ether oxygens (including phenoxy) is 1. The van der Waals surface area contributed by atoms with E-state index in [9.17, 15) is 14.9 Å². The van der Waals surface area contributed by atoms with Crippen molar-refractivity contribution in [1.29, 1.82) is 0 Å². The molecule has 1 N–H and O–H groups in total. The SMILES string of the molecule is CNCCN(C)C(=O)COc1cccc([N+](=O)[O-])c1. The smallest absolute Gasteiger partial charge is 0.273 e. The van der Waals surface area contributed by atoms with Gasteiger partial charge in [0.1, 0.15) is 5.75 Å². The Morgan fingerprint density at radius 2 is 2.26 bits per heavy atom. The minimum Gasteiger partial charge on any atom is -0.484 e. The average Bonchev–Trinajstić information content (AvgIpc) is 2.42. The molecule has 0 saturated heterocycles. The first-order valence-electron chi connectivity index (χ1n) is 5.80. The van der Waals surface area contributed by atoms with Crippen molar-refractivity contribution in [2.45, 2.75) is 0 Å². The van der Waals surface area contributed by atoms with E-state index in [-0.39, 0.29) is 18.2 Å². The monoisotopic (exact) mass is 267 g/mol. The summed E-state index contributed by atoms with van der Waals surface area (Å²) in [6.45, 7) is 1.13. The van der Waals surface area contributed by atoms with Crippen LogP contribution < -0.4 is 10.1 Å². The standard InChI is InChI=1S/C12H17N3O4/c1-13-6-7-14(2)12(16)9-19-11-5-3-4-10(8-11)15(17)18/h3-5,8,13H,6-7,9H2,1-2H3. The molecule has 7 nitrogen and oxygen atoms in total. The van der Waals surface area contributed by atoms with Crippen LogP contribution in [0.1, 0.15) is 0 Å². The zero-order valence-corrected chi connectivity index (χ0v) is 11.0. The molecule has 0 aliphatic carbocycles. The summed E-state index contributed by atoms with van der Waals surface area (Å²) in [6.07, 6.45) is 0. The Morgan fingerprint density at radius 1 is 1.53 bits per heavy atom. The van der Waals surface area contributed by atoms with Gasteiger partial charge in [-0.1, -0.05) is 6.07 Å². The van der Waals surface area contributed by atoms with Gasteiger partial charge in [-0.05, 0) is 13.1 Å². The fourth-order valence-corrected chi connectivity index (χ4v) is 1.35. The van der Waals surface area contributed by atoms with Gasteiger partial charge in [0.2, 0.25) is 0 Å². The maximum Gasteiger partial charge on any atom is 0.273 e. The Morgan fingerprint density at radius 3 is 2.89 bits per heavy atom. The number of nitrogens with zero attached hydrogens (tertiary/aromatic N) is 2. The summed E-state index contributed by atoms with van der Waals surface area (Å²) in [6, 6.07) is 5.76. The first kappa shape index (κ1) is 14.9. The maximum absolute atomic E-state index is 11.7. The normalized spacial score (nSPS) is 10.0. The van der Waals surface area contributed by atoms with Gasteiger partial charge in [-0.25, -0.2) is 0 Å². The number of benzene rings is 1. The van der Waals surface area contributed by atoms with Gasteiger partial charge in [-0.3, -0.25) is 14.9 Å². The molecular weight excluding hydrogens is 250 g/mol. The second-order valence-corrected chi connectivity index (χ2v) is 3.96. The Hall–Kier alpha value is -2.15. The molecule has 1 aromatic rings. The van der Waals surface area contributed by atoms with Crippen LogP contribution in [0.25, 0.3) is 0 Å². The van der Waals surface area contributed by atoms with E-state index in [1.807, 2.05) is 0 Å². The fourth-order valence-electron chi connectivity index (χ4n) is 1.35. The molecule has 0 atom stereocenters. The summed E-state index contributed by atoms with van der Waals surface area (Å²) in [5.41, 5.74) is -0.0616. The number of carbonyl (C=O) groups excluding carboxylic acids is 1. The number of likely N-dealkylation sites (N-methyl/N-ethyl adjacent to an activating group) is 2. The molecule has 19 heavy (non-hydrogen) atoms. The molecular formula is C12H17N3O4. The zero-order valence-electron chi connectivity index (χ0n) is 11.0. The maximum atomic E-state index is 11.7. The third-order valence-corrected chi connectivity index (χ3v) is 2.51. The summed E-state index contributed by atoms with van der Waals surface area (Å²) < 4.78 is 5.24. The van der Waals surface area contributed by atoms with Crippen LogP contribution in [-0.4, -0.2) is 49.5 Å². The van der Waals surface area contributed by atoms with Crippen LogP contribution in [0, 0.1) is 10.1 Å². The Balaban J connectivity index is 2.50. The number of hydrogen-bond donors (Lipinski definition) is 1. The first-order valence-corrected chi connectivity index (χ1v) is 5.80. The lowest BCUT2D eigenvalue weighted by molar-refractivity contribution is -0.384. The van der Waals surface area contributed by atoms with Gasteiger partial charge < -0.3 is 15.0 Å². The van der Waals surface area contributed by atoms with Gasteiger partial charge in [0.25, 0.3) is 11.6 Å². The number of rotatable bonds is 7. The minimum atomic E-state index is -0.506. The van der Waals surface area contributed by atoms with Gasteiger partial charge in [0.05, 0.1) is 11.0 Å². The van der Waals surface area contributed by atoms with E-state index in [0.717, 1.165) is 0 Å². The van der Waals surface area contributed by atoms with Gasteiger partial charge in [0.15, 0.2) is 6.61 Å². The number of nitro groups is 1. The van der Waals surface area contributed by atoms with E-state index >= 15 is 0 Å². The van der Waals surface area contributed by atoms with Crippen LogP contribution in [0.3, 0.4) is 0 Å². The molecule has 7 heteroatoms. The molecule has 0 saturated carbocycles. The summed E-state index contributed by atoms with van der Waals surface area (Å²) in [5.74, 6) is 0.131. The molecule has 1 amide bonds. The number of hydrogen-bond acceptors (Lipinski definition) is 5. The van der Waals surface area contributed by atoms with E-state index in [0.29, 0.717) is 18.8 Å². The molecule has 0 radical (unpaired) electrons. The number of amides is 1. The highest BCUT2D eigenvalue weighted by molar-refractivity contribution is 5.77. The quantitative estimate of drug-likeness (QED) is 0.579. The number of carbonyl (C=O) groups is 1. The molecule has 104 valence electrons. The van der Waals surface area contributed by atoms with Crippen molar-refractivity contribution in [1.82, 2.24) is 10.2 Å². The van der Waals surface area contributed by atoms with E-state index in [1.165, 1.54) is 23.1 Å². The lowest BCUT2D eigenvalue weighted by Gasteiger charge is -2.17. The van der Waals surface area contributed by atoms with Crippen LogP contribution >= 0.6 is 0 Å². The number of nitrogens with one attached hydrogen (secondary N) is 1. The molecule has 0 spiro atoms. The van der Waals surface area contributed by atoms with Crippen molar-refractivity contribution >= 4 is 11.6 Å². The third kappa shape index (κ3) is 4.92. The highest BCUT2D eigenvalue weighted by Crippen LogP contribution is 2.18. The molecule has 0 unspecified atom stereocenters. The molecule has 0 bridgehead atoms. The predicted molar refractivity (Wildman–Crippen MR) is 70.2 cm³/mol. The number of non-ortho nitro benzene ring substituents is 1. The van der Waals surface area contributed by atoms with E-state index in [4.69, 9.17) is 4.74 Å². The molecule has 0 aromatic heterocycles.